The van der Waals surface area contributed by atoms with E-state index in [4.69, 9.17) is 14.8 Å². The van der Waals surface area contributed by atoms with Gasteiger partial charge in [0.05, 0.1) is 18.2 Å². The highest BCUT2D eigenvalue weighted by molar-refractivity contribution is 7.17. The van der Waals surface area contributed by atoms with Gasteiger partial charge in [-0.1, -0.05) is 36.4 Å². The molecule has 0 saturated carbocycles. The maximum atomic E-state index is 13.7. The quantitative estimate of drug-likeness (QED) is 0.311. The lowest BCUT2D eigenvalue weighted by Crippen LogP contribution is -2.18. The minimum absolute atomic E-state index is 0.240. The maximum Gasteiger partial charge on any atom is 0.283 e. The molecule has 0 atom stereocenters. The van der Waals surface area contributed by atoms with Crippen molar-refractivity contribution < 1.29 is 9.13 Å². The number of aromatic nitrogens is 3. The highest BCUT2D eigenvalue weighted by atomic mass is 32.1. The summed E-state index contributed by atoms with van der Waals surface area (Å²) in [7, 11) is 1.62. The van der Waals surface area contributed by atoms with Gasteiger partial charge in [0.25, 0.3) is 5.56 Å². The first-order valence-electron chi connectivity index (χ1n) is 10.3. The summed E-state index contributed by atoms with van der Waals surface area (Å²) >= 11 is 1.43. The van der Waals surface area contributed by atoms with Crippen molar-refractivity contribution in [3.8, 4) is 28.1 Å². The topological polar surface area (TPSA) is 56.5 Å². The number of thiophene rings is 1. The van der Waals surface area contributed by atoms with Gasteiger partial charge >= 0.3 is 0 Å². The number of rotatable bonds is 3. The van der Waals surface area contributed by atoms with E-state index in [0.29, 0.717) is 21.6 Å². The van der Waals surface area contributed by atoms with E-state index in [2.05, 4.69) is 0 Å². The molecule has 0 amide bonds. The Kier molecular flexibility index (Phi) is 4.45. The largest absolute Gasteiger partial charge is 0.497 e. The smallest absolute Gasteiger partial charge is 0.283 e. The Balaban J connectivity index is 1.69. The summed E-state index contributed by atoms with van der Waals surface area (Å²) in [6, 6.07) is 21.4. The Morgan fingerprint density at radius 2 is 1.61 bits per heavy atom. The Morgan fingerprint density at radius 1 is 0.909 bits per heavy atom. The standard InChI is InChI=1S/C26H16FN3O2S/c1-32-18-12-8-15(9-13-18)21-14-33-25-22(21)26(31)30-24(28-25)20-5-3-2-4-19(20)23(29-30)16-6-10-17(27)11-7-16/h2-14H,1H3. The molecule has 3 aromatic carbocycles. The van der Waals surface area contributed by atoms with Gasteiger partial charge in [-0.05, 0) is 42.0 Å². The Labute approximate surface area is 191 Å². The second kappa shape index (κ2) is 7.50. The zero-order chi connectivity index (χ0) is 22.5. The molecule has 160 valence electrons. The monoisotopic (exact) mass is 453 g/mol. The minimum atomic E-state index is -0.327. The molecule has 0 fully saturated rings. The van der Waals surface area contributed by atoms with E-state index in [1.165, 1.54) is 28.0 Å². The van der Waals surface area contributed by atoms with E-state index in [9.17, 15) is 9.18 Å². The molecular weight excluding hydrogens is 437 g/mol. The van der Waals surface area contributed by atoms with Crippen molar-refractivity contribution in [3.05, 3.63) is 94.3 Å². The molecule has 0 spiro atoms. The molecule has 0 unspecified atom stereocenters. The van der Waals surface area contributed by atoms with Crippen LogP contribution >= 0.6 is 11.3 Å². The third-order valence-corrected chi connectivity index (χ3v) is 6.60. The minimum Gasteiger partial charge on any atom is -0.497 e. The van der Waals surface area contributed by atoms with Gasteiger partial charge in [-0.15, -0.1) is 11.3 Å². The number of hydrogen-bond acceptors (Lipinski definition) is 5. The first kappa shape index (κ1) is 19.6. The van der Waals surface area contributed by atoms with Crippen LogP contribution in [0.4, 0.5) is 4.39 Å². The van der Waals surface area contributed by atoms with Crippen molar-refractivity contribution in [2.75, 3.05) is 7.11 Å². The average Bonchev–Trinajstić information content (AvgIpc) is 3.29. The molecule has 3 heterocycles. The summed E-state index contributed by atoms with van der Waals surface area (Å²) < 4.78 is 20.1. The van der Waals surface area contributed by atoms with Gasteiger partial charge in [-0.3, -0.25) is 4.79 Å². The SMILES string of the molecule is COc1ccc(-c2csc3nc4c5ccccc5c(-c5ccc(F)cc5)nn4c(=O)c23)cc1. The van der Waals surface area contributed by atoms with Crippen LogP contribution in [0.1, 0.15) is 0 Å². The molecule has 6 aromatic rings. The molecule has 0 aliphatic heterocycles. The molecule has 0 saturated heterocycles. The van der Waals surface area contributed by atoms with Crippen molar-refractivity contribution in [2.45, 2.75) is 0 Å². The Hall–Kier alpha value is -4.10. The molecule has 0 aliphatic rings. The van der Waals surface area contributed by atoms with Gasteiger partial charge < -0.3 is 4.74 Å². The number of halogens is 1. The summed E-state index contributed by atoms with van der Waals surface area (Å²) in [5, 5.41) is 8.83. The fraction of sp³-hybridized carbons (Fsp3) is 0.0385. The fourth-order valence-corrected chi connectivity index (χ4v) is 5.03. The van der Waals surface area contributed by atoms with E-state index in [0.717, 1.165) is 33.2 Å². The van der Waals surface area contributed by atoms with E-state index in [1.807, 2.05) is 53.9 Å². The van der Waals surface area contributed by atoms with E-state index >= 15 is 0 Å². The normalized spacial score (nSPS) is 11.5. The van der Waals surface area contributed by atoms with Crippen molar-refractivity contribution in [3.63, 3.8) is 0 Å². The zero-order valence-corrected chi connectivity index (χ0v) is 18.3. The van der Waals surface area contributed by atoms with Crippen molar-refractivity contribution in [1.82, 2.24) is 14.6 Å². The number of nitrogens with zero attached hydrogens (tertiary/aromatic N) is 3. The lowest BCUT2D eigenvalue weighted by molar-refractivity contribution is 0.415. The molecule has 0 aliphatic carbocycles. The first-order chi connectivity index (χ1) is 16.1. The van der Waals surface area contributed by atoms with Crippen LogP contribution in [0.2, 0.25) is 0 Å². The molecule has 3 aromatic heterocycles. The second-order valence-corrected chi connectivity index (χ2v) is 8.47. The van der Waals surface area contributed by atoms with Gasteiger partial charge in [-0.25, -0.2) is 9.37 Å². The summed E-state index contributed by atoms with van der Waals surface area (Å²) in [5.74, 6) is 0.419. The third kappa shape index (κ3) is 3.08. The zero-order valence-electron chi connectivity index (χ0n) is 17.4. The van der Waals surface area contributed by atoms with Crippen molar-refractivity contribution in [1.29, 1.82) is 0 Å². The number of benzene rings is 3. The molecular formula is C26H16FN3O2S. The van der Waals surface area contributed by atoms with Gasteiger partial charge in [-0.2, -0.15) is 9.61 Å². The predicted octanol–water partition coefficient (Wildman–Crippen LogP) is 5.94. The Bertz CT molecular complexity index is 1720. The predicted molar refractivity (Wildman–Crippen MR) is 130 cm³/mol. The summed E-state index contributed by atoms with van der Waals surface area (Å²) in [6.45, 7) is 0. The molecule has 5 nitrogen and oxygen atoms in total. The number of ether oxygens (including phenoxy) is 1. The van der Waals surface area contributed by atoms with Crippen LogP contribution in [0.3, 0.4) is 0 Å². The second-order valence-electron chi connectivity index (χ2n) is 7.61. The first-order valence-corrected chi connectivity index (χ1v) is 11.2. The van der Waals surface area contributed by atoms with E-state index in [-0.39, 0.29) is 11.4 Å². The van der Waals surface area contributed by atoms with Crippen LogP contribution in [0.5, 0.6) is 5.75 Å². The van der Waals surface area contributed by atoms with Crippen LogP contribution in [-0.2, 0) is 0 Å². The average molecular weight is 453 g/mol. The van der Waals surface area contributed by atoms with Crippen molar-refractivity contribution in [2.24, 2.45) is 0 Å². The summed E-state index contributed by atoms with van der Waals surface area (Å²) in [5.41, 5.74) is 3.29. The summed E-state index contributed by atoms with van der Waals surface area (Å²) in [6.07, 6.45) is 0. The van der Waals surface area contributed by atoms with Gasteiger partial charge in [0, 0.05) is 27.3 Å². The lowest BCUT2D eigenvalue weighted by atomic mass is 10.0. The number of hydrogen-bond donors (Lipinski definition) is 0. The van der Waals surface area contributed by atoms with Crippen LogP contribution in [-0.4, -0.2) is 21.7 Å². The highest BCUT2D eigenvalue weighted by Crippen LogP contribution is 2.34. The maximum absolute atomic E-state index is 13.7. The van der Waals surface area contributed by atoms with Crippen molar-refractivity contribution >= 4 is 38.0 Å². The Morgan fingerprint density at radius 3 is 2.33 bits per heavy atom. The molecule has 0 N–H and O–H groups in total. The molecule has 6 rings (SSSR count). The van der Waals surface area contributed by atoms with Crippen LogP contribution < -0.4 is 10.3 Å². The fourth-order valence-electron chi connectivity index (χ4n) is 4.09. The molecule has 33 heavy (non-hydrogen) atoms. The highest BCUT2D eigenvalue weighted by Gasteiger charge is 2.18. The summed E-state index contributed by atoms with van der Waals surface area (Å²) in [4.78, 5) is 19.2. The van der Waals surface area contributed by atoms with Crippen LogP contribution in [0, 0.1) is 5.82 Å². The number of fused-ring (bicyclic) bond motifs is 4. The lowest BCUT2D eigenvalue weighted by Gasteiger charge is -2.10. The van der Waals surface area contributed by atoms with Crippen LogP contribution in [0.25, 0.3) is 49.0 Å². The van der Waals surface area contributed by atoms with E-state index < -0.39 is 0 Å². The van der Waals surface area contributed by atoms with Gasteiger partial charge in [0.15, 0.2) is 5.65 Å². The molecule has 7 heteroatoms. The van der Waals surface area contributed by atoms with Gasteiger partial charge in [0.1, 0.15) is 16.4 Å². The number of methoxy groups -OCH3 is 1. The molecule has 0 radical (unpaired) electrons. The third-order valence-electron chi connectivity index (χ3n) is 5.73. The van der Waals surface area contributed by atoms with Gasteiger partial charge in [0.2, 0.25) is 0 Å². The van der Waals surface area contributed by atoms with Crippen LogP contribution in [0.15, 0.2) is 83.0 Å². The van der Waals surface area contributed by atoms with E-state index in [1.54, 1.807) is 19.2 Å². The molecule has 0 bridgehead atoms.